The molecule has 428 valence electrons. The van der Waals surface area contributed by atoms with Crippen LogP contribution in [0.25, 0.3) is 0 Å². The average molecular weight is 1240 g/mol. The molecule has 1 atom stereocenters. The third kappa shape index (κ3) is 27.3. The third-order valence-corrected chi connectivity index (χ3v) is 13.6. The summed E-state index contributed by atoms with van der Waals surface area (Å²) >= 11 is 27.0. The fraction of sp³-hybridized carbons (Fsp3) is 0.439. The van der Waals surface area contributed by atoms with Crippen LogP contribution in [0.3, 0.4) is 0 Å². The molecule has 0 bridgehead atoms. The largest absolute Gasteiger partial charge is 0.381 e. The molecule has 3 saturated heterocycles. The Morgan fingerprint density at radius 3 is 1.95 bits per heavy atom. The van der Waals surface area contributed by atoms with E-state index in [2.05, 4.69) is 77.0 Å². The molecule has 79 heavy (non-hydrogen) atoms. The van der Waals surface area contributed by atoms with E-state index in [4.69, 9.17) is 56.4 Å². The van der Waals surface area contributed by atoms with Gasteiger partial charge in [0.25, 0.3) is 24.1 Å². The summed E-state index contributed by atoms with van der Waals surface area (Å²) in [4.78, 5) is 67.5. The maximum absolute atomic E-state index is 10.5. The van der Waals surface area contributed by atoms with Gasteiger partial charge >= 0.3 is 0 Å². The van der Waals surface area contributed by atoms with Gasteiger partial charge in [0.05, 0.1) is 24.6 Å². The van der Waals surface area contributed by atoms with Crippen LogP contribution in [0.2, 0.25) is 19.2 Å². The number of amidine groups is 1. The van der Waals surface area contributed by atoms with Crippen LogP contribution in [-0.4, -0.2) is 151 Å². The van der Waals surface area contributed by atoms with Crippen molar-refractivity contribution >= 4 is 104 Å². The molecule has 3 aliphatic heterocycles. The summed E-state index contributed by atoms with van der Waals surface area (Å²) in [5, 5.41) is 74.9. The highest BCUT2D eigenvalue weighted by Crippen LogP contribution is 2.22. The molecule has 0 aromatic carbocycles. The van der Waals surface area contributed by atoms with Gasteiger partial charge in [0.1, 0.15) is 25.6 Å². The second-order valence-electron chi connectivity index (χ2n) is 15.3. The summed E-state index contributed by atoms with van der Waals surface area (Å²) < 4.78 is 6.07. The molecule has 3 fully saturated rings. The van der Waals surface area contributed by atoms with Gasteiger partial charge in [-0.2, -0.15) is 5.26 Å². The second kappa shape index (κ2) is 36.8. The van der Waals surface area contributed by atoms with E-state index in [0.717, 1.165) is 64.1 Å². The van der Waals surface area contributed by atoms with Gasteiger partial charge in [-0.15, -0.1) is 27.7 Å². The Labute approximate surface area is 484 Å². The first-order chi connectivity index (χ1) is 37.8. The number of nitro groups is 4. The molecule has 3 aliphatic rings. The van der Waals surface area contributed by atoms with Crippen molar-refractivity contribution in [2.24, 2.45) is 26.2 Å². The molecule has 7 heterocycles. The zero-order valence-corrected chi connectivity index (χ0v) is 48.0. The molecular formula is C41H54Cl4N22O9S3. The molecule has 0 amide bonds. The van der Waals surface area contributed by atoms with Crippen LogP contribution in [0.1, 0.15) is 34.2 Å². The summed E-state index contributed by atoms with van der Waals surface area (Å²) in [6, 6.07) is 7.24. The zero-order valence-electron chi connectivity index (χ0n) is 42.5. The van der Waals surface area contributed by atoms with Crippen molar-refractivity contribution in [2.45, 2.75) is 39.5 Å². The van der Waals surface area contributed by atoms with Crippen LogP contribution in [0.4, 0.5) is 0 Å². The lowest BCUT2D eigenvalue weighted by molar-refractivity contribution is -0.485. The number of ether oxygens (including phenoxy) is 1. The molecule has 4 aromatic heterocycles. The molecule has 38 heteroatoms. The number of nitrogens with zero attached hydrogens (tertiary/aromatic N) is 16. The molecule has 0 radical (unpaired) electrons. The van der Waals surface area contributed by atoms with Crippen molar-refractivity contribution in [3.63, 3.8) is 0 Å². The summed E-state index contributed by atoms with van der Waals surface area (Å²) in [6.45, 7) is 9.11. The van der Waals surface area contributed by atoms with E-state index >= 15 is 0 Å². The zero-order chi connectivity index (χ0) is 58.1. The molecule has 7 rings (SSSR count). The number of hydrogen-bond donors (Lipinski definition) is 6. The third-order valence-electron chi connectivity index (χ3n) is 9.93. The Bertz CT molecular complexity index is 2760. The minimum Gasteiger partial charge on any atom is -0.381 e. The van der Waals surface area contributed by atoms with Crippen molar-refractivity contribution in [2.75, 3.05) is 72.8 Å². The predicted molar refractivity (Wildman–Crippen MR) is 302 cm³/mol. The minimum atomic E-state index is -0.779. The Morgan fingerprint density at radius 1 is 0.835 bits per heavy atom. The Morgan fingerprint density at radius 2 is 1.46 bits per heavy atom. The Kier molecular flexibility index (Phi) is 30.7. The number of guanidine groups is 3. The summed E-state index contributed by atoms with van der Waals surface area (Å²) in [5.41, 5.74) is 2.00. The first kappa shape index (κ1) is 66.0. The molecular weight excluding hydrogens is 1180 g/mol. The summed E-state index contributed by atoms with van der Waals surface area (Å²) in [7, 11) is 4.77. The van der Waals surface area contributed by atoms with E-state index in [-0.39, 0.29) is 17.9 Å². The van der Waals surface area contributed by atoms with Crippen LogP contribution in [0.5, 0.6) is 0 Å². The standard InChI is InChI=1S/C11H15ClN4O2.C10H9ClN4S.C7H8ClN5O2S.C7H14N4O3.C6H8ClN5O2S/c1-3-15(11(13-2)8-16(17)18)7-9-4-5-10(12)14-6-9;11-9-2-1-8(5-13-9)6-15-3-4-16-10(15)14-7-12;8-6-10-3-5(16-6)4-12-2-1-9-7(12)11-13(14)15;1-8-7(10-11(12)13)9-4-6-2-3-14-5-6;1-8-6(11-12(13)14)10-3-4-2-9-5(7)15-4/h4-6,8,13H,3,7H2,1-2H3;1-2,5H,3-4,6H2;3H,1-2,4H2,(H,9,11);6H,2-5H2,1H3,(H2,8,9,10);2H,3H2,1H3,(H2,8,10,11)/b11-8+;;;;. The van der Waals surface area contributed by atoms with E-state index in [9.17, 15) is 40.5 Å². The number of aromatic nitrogens is 4. The normalized spacial score (nSPS) is 15.8. The lowest BCUT2D eigenvalue weighted by Gasteiger charge is -2.23. The van der Waals surface area contributed by atoms with Crippen LogP contribution >= 0.6 is 80.8 Å². The monoisotopic (exact) mass is 1230 g/mol. The summed E-state index contributed by atoms with van der Waals surface area (Å²) in [5.74, 6) is 2.40. The number of hydrazone groups is 3. The number of halogens is 4. The highest BCUT2D eigenvalue weighted by atomic mass is 35.5. The summed E-state index contributed by atoms with van der Waals surface area (Å²) in [6.07, 6.45) is 10.4. The highest BCUT2D eigenvalue weighted by Gasteiger charge is 2.23. The van der Waals surface area contributed by atoms with E-state index in [1.165, 1.54) is 29.7 Å². The van der Waals surface area contributed by atoms with Crippen molar-refractivity contribution < 1.29 is 24.8 Å². The van der Waals surface area contributed by atoms with Gasteiger partial charge in [-0.25, -0.2) is 50.3 Å². The van der Waals surface area contributed by atoms with Crippen LogP contribution in [-0.2, 0) is 30.9 Å². The first-order valence-corrected chi connectivity index (χ1v) is 27.1. The van der Waals surface area contributed by atoms with Gasteiger partial charge in [-0.05, 0) is 36.6 Å². The van der Waals surface area contributed by atoms with E-state index in [1.54, 1.807) is 67.7 Å². The predicted octanol–water partition coefficient (Wildman–Crippen LogP) is 4.75. The van der Waals surface area contributed by atoms with E-state index in [0.29, 0.717) is 83.4 Å². The number of thiazole rings is 2. The number of nitriles is 1. The quantitative estimate of drug-likeness (QED) is 0.0207. The number of hydrogen-bond acceptors (Lipinski definition) is 20. The van der Waals surface area contributed by atoms with Crippen molar-refractivity contribution in [3.8, 4) is 6.19 Å². The maximum Gasteiger partial charge on any atom is 0.274 e. The van der Waals surface area contributed by atoms with Crippen molar-refractivity contribution in [3.05, 3.63) is 142 Å². The first-order valence-electron chi connectivity index (χ1n) is 23.0. The van der Waals surface area contributed by atoms with Crippen LogP contribution in [0.15, 0.2) is 81.4 Å². The molecule has 0 spiro atoms. The van der Waals surface area contributed by atoms with Gasteiger partial charge in [0.15, 0.2) is 35.0 Å². The van der Waals surface area contributed by atoms with Gasteiger partial charge in [-0.1, -0.05) is 70.3 Å². The molecule has 1 unspecified atom stereocenters. The van der Waals surface area contributed by atoms with Crippen molar-refractivity contribution in [1.29, 1.82) is 5.26 Å². The fourth-order valence-corrected chi connectivity index (χ4v) is 9.44. The average Bonchev–Trinajstić information content (AvgIpc) is 4.31. The molecule has 31 nitrogen and oxygen atoms in total. The molecule has 0 aliphatic carbocycles. The van der Waals surface area contributed by atoms with E-state index in [1.807, 2.05) is 30.1 Å². The SMILES string of the molecule is CCN(Cc1ccc(Cl)nc1)/C(=C/[N+](=O)[O-])NC.CN/C(=N\[N+](=O)[O-])NCC1CCOC1.CN/C(=N\[N+](=O)[O-])NCc1cnc(Cl)s1.N#CN=C1SCCN1Cc1ccc(Cl)nc1.O=[N+]([O-])/N=C1\NCCN1Cc1cnc(Cl)s1. The number of nitrogens with one attached hydrogen (secondary N) is 6. The molecule has 4 aromatic rings. The highest BCUT2D eigenvalue weighted by molar-refractivity contribution is 8.14. The lowest BCUT2D eigenvalue weighted by Crippen LogP contribution is -2.38. The number of aliphatic imine (C=N–C) groups is 1. The number of pyridine rings is 2. The maximum atomic E-state index is 10.5. The lowest BCUT2D eigenvalue weighted by atomic mass is 10.1. The second-order valence-corrected chi connectivity index (χ2v) is 20.5. The Hall–Kier alpha value is -7.26. The van der Waals surface area contributed by atoms with Gasteiger partial charge < -0.3 is 51.3 Å². The van der Waals surface area contributed by atoms with Gasteiger partial charge in [-0.3, -0.25) is 10.1 Å². The number of thioether (sulfide) groups is 1. The van der Waals surface area contributed by atoms with Crippen LogP contribution in [0, 0.1) is 57.8 Å². The molecule has 6 N–H and O–H groups in total. The number of rotatable bonds is 17. The van der Waals surface area contributed by atoms with E-state index < -0.39 is 20.0 Å². The van der Waals surface area contributed by atoms with Gasteiger partial charge in [0.2, 0.25) is 6.19 Å². The fourth-order valence-electron chi connectivity index (χ4n) is 6.37. The van der Waals surface area contributed by atoms with Crippen LogP contribution < -0.4 is 31.9 Å². The smallest absolute Gasteiger partial charge is 0.274 e. The Balaban J connectivity index is 0.000000260. The minimum absolute atomic E-state index is 0.0875. The van der Waals surface area contributed by atoms with Crippen molar-refractivity contribution in [1.82, 2.24) is 66.5 Å². The molecule has 0 saturated carbocycles. The topological polar surface area (TPSA) is 388 Å². The van der Waals surface area contributed by atoms with Gasteiger partial charge in [0, 0.05) is 120 Å².